The van der Waals surface area contributed by atoms with Gasteiger partial charge in [-0.3, -0.25) is 9.47 Å². The summed E-state index contributed by atoms with van der Waals surface area (Å²) in [5.41, 5.74) is 1.84. The third kappa shape index (κ3) is 4.14. The maximum absolute atomic E-state index is 12.7. The molecule has 0 saturated carbocycles. The molecule has 0 aliphatic carbocycles. The minimum Gasteiger partial charge on any atom is -0.390 e. The average Bonchev–Trinajstić information content (AvgIpc) is 3.18. The standard InChI is InChI=1S/C20H27N3O3/c1-19(2)12-26-14-23(19)18(24)22-11-17(21-13-22)16-7-5-6-15(10-16)8-9-20(3,4)25/h5-7,10-11,13,25H,8-9,12,14H2,1-4H3. The molecule has 1 amide bonds. The predicted octanol–water partition coefficient (Wildman–Crippen LogP) is 3.29. The number of imidazole rings is 1. The van der Waals surface area contributed by atoms with E-state index in [0.717, 1.165) is 23.2 Å². The van der Waals surface area contributed by atoms with Crippen molar-refractivity contribution < 1.29 is 14.6 Å². The molecule has 1 N–H and O–H groups in total. The molecule has 0 atom stereocenters. The SMILES string of the molecule is CC(C)(O)CCc1cccc(-c2cn(C(=O)N3COCC3(C)C)cn2)c1. The van der Waals surface area contributed by atoms with Crippen molar-refractivity contribution in [2.24, 2.45) is 0 Å². The number of carbonyl (C=O) groups is 1. The Morgan fingerprint density at radius 1 is 1.38 bits per heavy atom. The van der Waals surface area contributed by atoms with Gasteiger partial charge >= 0.3 is 6.03 Å². The van der Waals surface area contributed by atoms with E-state index >= 15 is 0 Å². The van der Waals surface area contributed by atoms with Crippen LogP contribution in [-0.4, -0.2) is 50.1 Å². The van der Waals surface area contributed by atoms with Gasteiger partial charge in [-0.15, -0.1) is 0 Å². The Balaban J connectivity index is 1.76. The summed E-state index contributed by atoms with van der Waals surface area (Å²) in [6.45, 7) is 8.43. The zero-order chi connectivity index (χ0) is 18.9. The van der Waals surface area contributed by atoms with Crippen LogP contribution < -0.4 is 0 Å². The molecule has 2 heterocycles. The van der Waals surface area contributed by atoms with Crippen molar-refractivity contribution in [3.63, 3.8) is 0 Å². The monoisotopic (exact) mass is 357 g/mol. The molecule has 0 radical (unpaired) electrons. The van der Waals surface area contributed by atoms with Gasteiger partial charge in [0.15, 0.2) is 0 Å². The van der Waals surface area contributed by atoms with Gasteiger partial charge in [0.2, 0.25) is 0 Å². The average molecular weight is 357 g/mol. The first-order valence-corrected chi connectivity index (χ1v) is 8.91. The lowest BCUT2D eigenvalue weighted by Crippen LogP contribution is -2.45. The molecule has 1 aliphatic rings. The third-order valence-electron chi connectivity index (χ3n) is 4.69. The van der Waals surface area contributed by atoms with Gasteiger partial charge in [-0.1, -0.05) is 18.2 Å². The molecule has 0 bridgehead atoms. The molecule has 26 heavy (non-hydrogen) atoms. The first kappa shape index (κ1) is 18.6. The Hall–Kier alpha value is -2.18. The Bertz CT molecular complexity index is 790. The summed E-state index contributed by atoms with van der Waals surface area (Å²) >= 11 is 0. The number of carbonyl (C=O) groups excluding carboxylic acids is 1. The van der Waals surface area contributed by atoms with Crippen LogP contribution in [0.3, 0.4) is 0 Å². The third-order valence-corrected chi connectivity index (χ3v) is 4.69. The van der Waals surface area contributed by atoms with Crippen LogP contribution in [0.25, 0.3) is 11.3 Å². The van der Waals surface area contributed by atoms with Crippen LogP contribution in [0.5, 0.6) is 0 Å². The molecule has 1 saturated heterocycles. The summed E-state index contributed by atoms with van der Waals surface area (Å²) in [5, 5.41) is 9.91. The number of aliphatic hydroxyl groups is 1. The fraction of sp³-hybridized carbons (Fsp3) is 0.500. The molecule has 1 aliphatic heterocycles. The molecule has 0 unspecified atom stereocenters. The van der Waals surface area contributed by atoms with Crippen molar-refractivity contribution in [1.82, 2.24) is 14.5 Å². The lowest BCUT2D eigenvalue weighted by molar-refractivity contribution is 0.0714. The topological polar surface area (TPSA) is 67.6 Å². The van der Waals surface area contributed by atoms with Crippen LogP contribution >= 0.6 is 0 Å². The fourth-order valence-corrected chi connectivity index (χ4v) is 3.01. The van der Waals surface area contributed by atoms with Gasteiger partial charge < -0.3 is 9.84 Å². The molecule has 0 spiro atoms. The van der Waals surface area contributed by atoms with Gasteiger partial charge in [-0.05, 0) is 52.2 Å². The van der Waals surface area contributed by atoms with E-state index in [2.05, 4.69) is 11.1 Å². The first-order valence-electron chi connectivity index (χ1n) is 8.91. The smallest absolute Gasteiger partial charge is 0.331 e. The second kappa shape index (κ2) is 6.85. The van der Waals surface area contributed by atoms with Crippen LogP contribution in [0.4, 0.5) is 4.79 Å². The number of aromatic nitrogens is 2. The Labute approximate surface area is 154 Å². The second-order valence-electron chi connectivity index (χ2n) is 8.18. The van der Waals surface area contributed by atoms with E-state index in [-0.39, 0.29) is 11.6 Å². The van der Waals surface area contributed by atoms with Crippen LogP contribution in [-0.2, 0) is 11.2 Å². The van der Waals surface area contributed by atoms with Crippen LogP contribution in [0.2, 0.25) is 0 Å². The summed E-state index contributed by atoms with van der Waals surface area (Å²) in [5.74, 6) is 0. The highest BCUT2D eigenvalue weighted by Gasteiger charge is 2.37. The van der Waals surface area contributed by atoms with Crippen molar-refractivity contribution in [2.45, 2.75) is 51.7 Å². The summed E-state index contributed by atoms with van der Waals surface area (Å²) in [6, 6.07) is 7.93. The summed E-state index contributed by atoms with van der Waals surface area (Å²) < 4.78 is 6.94. The Morgan fingerprint density at radius 2 is 2.15 bits per heavy atom. The summed E-state index contributed by atoms with van der Waals surface area (Å²) in [7, 11) is 0. The molecule has 140 valence electrons. The number of nitrogens with zero attached hydrogens (tertiary/aromatic N) is 3. The van der Waals surface area contributed by atoms with Crippen molar-refractivity contribution >= 4 is 6.03 Å². The minimum absolute atomic E-state index is 0.135. The lowest BCUT2D eigenvalue weighted by Gasteiger charge is -2.28. The molecule has 1 aromatic heterocycles. The minimum atomic E-state index is -0.686. The number of hydrogen-bond donors (Lipinski definition) is 1. The van der Waals surface area contributed by atoms with Gasteiger partial charge in [-0.2, -0.15) is 0 Å². The van der Waals surface area contributed by atoms with Gasteiger partial charge in [0.05, 0.1) is 23.4 Å². The van der Waals surface area contributed by atoms with Gasteiger partial charge in [0.25, 0.3) is 0 Å². The van der Waals surface area contributed by atoms with Crippen molar-refractivity contribution in [2.75, 3.05) is 13.3 Å². The molecule has 1 fully saturated rings. The number of benzene rings is 1. The number of ether oxygens (including phenoxy) is 1. The summed E-state index contributed by atoms with van der Waals surface area (Å²) in [6.07, 6.45) is 4.78. The zero-order valence-electron chi connectivity index (χ0n) is 15.9. The predicted molar refractivity (Wildman–Crippen MR) is 99.8 cm³/mol. The summed E-state index contributed by atoms with van der Waals surface area (Å²) in [4.78, 5) is 18.8. The van der Waals surface area contributed by atoms with Crippen LogP contribution in [0, 0.1) is 0 Å². The second-order valence-corrected chi connectivity index (χ2v) is 8.18. The van der Waals surface area contributed by atoms with E-state index in [1.165, 1.54) is 4.57 Å². The Kier molecular flexibility index (Phi) is 4.90. The molecule has 6 heteroatoms. The lowest BCUT2D eigenvalue weighted by atomic mass is 9.97. The van der Waals surface area contributed by atoms with Crippen LogP contribution in [0.1, 0.15) is 39.7 Å². The number of amides is 1. The molecule has 3 rings (SSSR count). The normalized spacial score (nSPS) is 16.9. The molecule has 2 aromatic rings. The molecular formula is C20H27N3O3. The maximum atomic E-state index is 12.7. The molecule has 1 aromatic carbocycles. The maximum Gasteiger partial charge on any atom is 0.331 e. The number of rotatable bonds is 4. The Morgan fingerprint density at radius 3 is 2.81 bits per heavy atom. The first-order chi connectivity index (χ1) is 12.2. The van der Waals surface area contributed by atoms with Gasteiger partial charge in [0.1, 0.15) is 13.1 Å². The van der Waals surface area contributed by atoms with Crippen molar-refractivity contribution in [3.8, 4) is 11.3 Å². The largest absolute Gasteiger partial charge is 0.390 e. The molecule has 6 nitrogen and oxygen atoms in total. The zero-order valence-corrected chi connectivity index (χ0v) is 15.9. The highest BCUT2D eigenvalue weighted by molar-refractivity contribution is 5.79. The van der Waals surface area contributed by atoms with Gasteiger partial charge in [-0.25, -0.2) is 9.78 Å². The van der Waals surface area contributed by atoms with Crippen LogP contribution in [0.15, 0.2) is 36.8 Å². The van der Waals surface area contributed by atoms with E-state index in [0.29, 0.717) is 19.8 Å². The van der Waals surface area contributed by atoms with E-state index in [9.17, 15) is 9.90 Å². The highest BCUT2D eigenvalue weighted by atomic mass is 16.5. The van der Waals surface area contributed by atoms with Gasteiger partial charge in [0, 0.05) is 11.8 Å². The van der Waals surface area contributed by atoms with E-state index < -0.39 is 5.60 Å². The number of hydrogen-bond acceptors (Lipinski definition) is 4. The van der Waals surface area contributed by atoms with E-state index in [1.807, 2.05) is 45.9 Å². The van der Waals surface area contributed by atoms with Crippen molar-refractivity contribution in [1.29, 1.82) is 0 Å². The fourth-order valence-electron chi connectivity index (χ4n) is 3.01. The number of aryl methyl sites for hydroxylation is 1. The van der Waals surface area contributed by atoms with Crippen molar-refractivity contribution in [3.05, 3.63) is 42.4 Å². The van der Waals surface area contributed by atoms with E-state index in [1.54, 1.807) is 17.4 Å². The van der Waals surface area contributed by atoms with E-state index in [4.69, 9.17) is 4.74 Å². The molecular weight excluding hydrogens is 330 g/mol. The quantitative estimate of drug-likeness (QED) is 0.912. The highest BCUT2D eigenvalue weighted by Crippen LogP contribution is 2.24.